The summed E-state index contributed by atoms with van der Waals surface area (Å²) in [5.41, 5.74) is 0. The predicted molar refractivity (Wildman–Crippen MR) is 21.0 cm³/mol. The monoisotopic (exact) mass is 127 g/mol. The Morgan fingerprint density at radius 1 is 1.50 bits per heavy atom. The van der Waals surface area contributed by atoms with Gasteiger partial charge in [-0.1, -0.05) is 0 Å². The molecule has 0 bridgehead atoms. The van der Waals surface area contributed by atoms with E-state index in [-0.39, 0.29) is 0 Å². The molecule has 1 N–H and O–H groups in total. The molecule has 0 aliphatic heterocycles. The third-order valence-corrected chi connectivity index (χ3v) is 0.404. The summed E-state index contributed by atoms with van der Waals surface area (Å²) >= 11 is 0. The zero-order valence-corrected chi connectivity index (χ0v) is 3.81. The molecule has 0 aromatic rings. The van der Waals surface area contributed by atoms with Crippen LogP contribution in [0.2, 0.25) is 0 Å². The summed E-state index contributed by atoms with van der Waals surface area (Å²) in [6.07, 6.45) is -5.05. The Morgan fingerprint density at radius 2 is 2.00 bits per heavy atom. The highest BCUT2D eigenvalue weighted by Crippen LogP contribution is 2.17. The van der Waals surface area contributed by atoms with Gasteiger partial charge in [-0.2, -0.15) is 13.2 Å². The summed E-state index contributed by atoms with van der Waals surface area (Å²) in [6, 6.07) is 0. The van der Waals surface area contributed by atoms with E-state index in [2.05, 4.69) is 5.16 Å². The van der Waals surface area contributed by atoms with E-state index < -0.39 is 12.6 Å². The predicted octanol–water partition coefficient (Wildman–Crippen LogP) is 1.40. The van der Waals surface area contributed by atoms with Crippen molar-refractivity contribution in [1.29, 1.82) is 0 Å². The molecule has 0 aromatic carbocycles. The first-order valence-corrected chi connectivity index (χ1v) is 1.79. The van der Waals surface area contributed by atoms with E-state index in [1.54, 1.807) is 0 Å². The van der Waals surface area contributed by atoms with Crippen LogP contribution < -0.4 is 0 Å². The maximum atomic E-state index is 11.0. The summed E-state index contributed by atoms with van der Waals surface area (Å²) in [5, 5.41) is 9.68. The van der Waals surface area contributed by atoms with E-state index in [0.29, 0.717) is 6.21 Å². The number of oxime groups is 1. The molecule has 0 aromatic heterocycles. The fourth-order valence-electron chi connectivity index (χ4n) is 0.144. The number of hydrogen-bond donors (Lipinski definition) is 1. The van der Waals surface area contributed by atoms with E-state index in [9.17, 15) is 13.2 Å². The molecule has 0 heterocycles. The van der Waals surface area contributed by atoms with Crippen LogP contribution in [0.3, 0.4) is 0 Å². The zero-order chi connectivity index (χ0) is 6.62. The van der Waals surface area contributed by atoms with Gasteiger partial charge in [-0.15, -0.1) is 5.16 Å². The highest BCUT2D eigenvalue weighted by molar-refractivity contribution is 5.56. The van der Waals surface area contributed by atoms with Gasteiger partial charge in [0, 0.05) is 0 Å². The molecule has 0 radical (unpaired) electrons. The summed E-state index contributed by atoms with van der Waals surface area (Å²) in [6.45, 7) is 0. The average Bonchev–Trinajstić information content (AvgIpc) is 1.59. The molecular weight excluding hydrogens is 123 g/mol. The number of halogens is 3. The van der Waals surface area contributed by atoms with Crippen molar-refractivity contribution in [3.05, 3.63) is 0 Å². The number of rotatable bonds is 1. The van der Waals surface area contributed by atoms with E-state index in [4.69, 9.17) is 5.21 Å². The largest absolute Gasteiger partial charge is 0.411 e. The minimum Gasteiger partial charge on any atom is -0.411 e. The molecule has 48 valence electrons. The molecule has 0 amide bonds. The van der Waals surface area contributed by atoms with E-state index in [1.165, 1.54) is 0 Å². The standard InChI is InChI=1S/C3H4F3NO/c4-3(5,6)1-2-7-8/h2,8H,1H2/b7-2+. The maximum Gasteiger partial charge on any atom is 0.394 e. The lowest BCUT2D eigenvalue weighted by molar-refractivity contribution is -0.120. The van der Waals surface area contributed by atoms with Gasteiger partial charge in [-0.05, 0) is 0 Å². The quantitative estimate of drug-likeness (QED) is 0.322. The molecule has 0 atom stereocenters. The second kappa shape index (κ2) is 2.54. The van der Waals surface area contributed by atoms with Crippen molar-refractivity contribution in [1.82, 2.24) is 0 Å². The SMILES string of the molecule is O/N=C/CC(F)(F)F. The molecule has 0 rings (SSSR count). The maximum absolute atomic E-state index is 11.0. The van der Waals surface area contributed by atoms with Crippen molar-refractivity contribution in [3.63, 3.8) is 0 Å². The fourth-order valence-corrected chi connectivity index (χ4v) is 0.144. The van der Waals surface area contributed by atoms with Crippen LogP contribution >= 0.6 is 0 Å². The van der Waals surface area contributed by atoms with Crippen molar-refractivity contribution >= 4 is 6.21 Å². The van der Waals surface area contributed by atoms with Crippen LogP contribution in [0.1, 0.15) is 6.42 Å². The molecule has 5 heteroatoms. The molecule has 0 unspecified atom stereocenters. The van der Waals surface area contributed by atoms with Crippen LogP contribution in [0, 0.1) is 0 Å². The van der Waals surface area contributed by atoms with E-state index >= 15 is 0 Å². The van der Waals surface area contributed by atoms with Crippen LogP contribution in [0.5, 0.6) is 0 Å². The van der Waals surface area contributed by atoms with Gasteiger partial charge in [-0.3, -0.25) is 0 Å². The Hall–Kier alpha value is -0.740. The van der Waals surface area contributed by atoms with Gasteiger partial charge >= 0.3 is 6.18 Å². The molecular formula is C3H4F3NO. The van der Waals surface area contributed by atoms with Crippen molar-refractivity contribution < 1.29 is 18.4 Å². The molecule has 0 aliphatic carbocycles. The van der Waals surface area contributed by atoms with E-state index in [1.807, 2.05) is 0 Å². The third-order valence-electron chi connectivity index (χ3n) is 0.404. The van der Waals surface area contributed by atoms with Gasteiger partial charge in [0.1, 0.15) is 0 Å². The van der Waals surface area contributed by atoms with Crippen molar-refractivity contribution in [2.45, 2.75) is 12.6 Å². The minimum atomic E-state index is -4.26. The highest BCUT2D eigenvalue weighted by atomic mass is 19.4. The van der Waals surface area contributed by atoms with Gasteiger partial charge in [0.05, 0.1) is 12.6 Å². The van der Waals surface area contributed by atoms with Gasteiger partial charge in [-0.25, -0.2) is 0 Å². The Morgan fingerprint density at radius 3 is 2.12 bits per heavy atom. The molecule has 0 fully saturated rings. The van der Waals surface area contributed by atoms with Crippen molar-refractivity contribution in [3.8, 4) is 0 Å². The summed E-state index contributed by atoms with van der Waals surface area (Å²) in [5.74, 6) is 0. The first-order chi connectivity index (χ1) is 3.56. The smallest absolute Gasteiger partial charge is 0.394 e. The van der Waals surface area contributed by atoms with Crippen molar-refractivity contribution in [2.24, 2.45) is 5.16 Å². The summed E-state index contributed by atoms with van der Waals surface area (Å²) in [4.78, 5) is 0. The lowest BCUT2D eigenvalue weighted by Gasteiger charge is -1.97. The molecule has 8 heavy (non-hydrogen) atoms. The Labute approximate surface area is 43.6 Å². The highest BCUT2D eigenvalue weighted by Gasteiger charge is 2.25. The number of nitrogens with zero attached hydrogens (tertiary/aromatic N) is 1. The van der Waals surface area contributed by atoms with Crippen LogP contribution in [-0.4, -0.2) is 17.6 Å². The Bertz CT molecular complexity index is 87.0. The average molecular weight is 127 g/mol. The molecule has 0 aliphatic rings. The second-order valence-electron chi connectivity index (χ2n) is 1.12. The first-order valence-electron chi connectivity index (χ1n) is 1.79. The van der Waals surface area contributed by atoms with Crippen LogP contribution in [0.4, 0.5) is 13.2 Å². The molecule has 0 saturated carbocycles. The molecule has 2 nitrogen and oxygen atoms in total. The normalized spacial score (nSPS) is 12.9. The molecule has 0 spiro atoms. The van der Waals surface area contributed by atoms with Gasteiger partial charge in [0.25, 0.3) is 0 Å². The lowest BCUT2D eigenvalue weighted by atomic mass is 10.5. The minimum absolute atomic E-state index is 0.389. The van der Waals surface area contributed by atoms with Gasteiger partial charge in [0.2, 0.25) is 0 Å². The Kier molecular flexibility index (Phi) is 2.30. The topological polar surface area (TPSA) is 32.6 Å². The number of alkyl halides is 3. The van der Waals surface area contributed by atoms with Crippen LogP contribution in [0.25, 0.3) is 0 Å². The zero-order valence-electron chi connectivity index (χ0n) is 3.81. The third kappa shape index (κ3) is 5.26. The first kappa shape index (κ1) is 7.26. The summed E-state index contributed by atoms with van der Waals surface area (Å²) in [7, 11) is 0. The second-order valence-corrected chi connectivity index (χ2v) is 1.12. The van der Waals surface area contributed by atoms with Gasteiger partial charge in [0.15, 0.2) is 0 Å². The van der Waals surface area contributed by atoms with Crippen molar-refractivity contribution in [2.75, 3.05) is 0 Å². The number of hydrogen-bond acceptors (Lipinski definition) is 2. The molecule has 0 saturated heterocycles. The van der Waals surface area contributed by atoms with E-state index in [0.717, 1.165) is 0 Å². The van der Waals surface area contributed by atoms with Gasteiger partial charge < -0.3 is 5.21 Å². The lowest BCUT2D eigenvalue weighted by Crippen LogP contribution is -2.06. The van der Waals surface area contributed by atoms with Crippen LogP contribution in [-0.2, 0) is 0 Å². The fraction of sp³-hybridized carbons (Fsp3) is 0.667. The van der Waals surface area contributed by atoms with Crippen LogP contribution in [0.15, 0.2) is 5.16 Å². The summed E-state index contributed by atoms with van der Waals surface area (Å²) < 4.78 is 33.1. The Balaban J connectivity index is 3.39.